The maximum absolute atomic E-state index is 13.0. The smallest absolute Gasteiger partial charge is 0.369 e. The van der Waals surface area contributed by atoms with Gasteiger partial charge in [-0.05, 0) is 39.1 Å². The number of nitrogens with zero attached hydrogens (tertiary/aromatic N) is 2. The van der Waals surface area contributed by atoms with Gasteiger partial charge in [0.2, 0.25) is 0 Å². The highest BCUT2D eigenvalue weighted by atomic mass is 19.4. The van der Waals surface area contributed by atoms with Gasteiger partial charge in [-0.3, -0.25) is 0 Å². The lowest BCUT2D eigenvalue weighted by Crippen LogP contribution is -2.37. The molecular weight excluding hydrogens is 279 g/mol. The predicted molar refractivity (Wildman–Crippen MR) is 77.2 cm³/mol. The van der Waals surface area contributed by atoms with Gasteiger partial charge in [0.05, 0.1) is 5.56 Å². The zero-order chi connectivity index (χ0) is 15.5. The molecule has 1 aromatic rings. The van der Waals surface area contributed by atoms with Crippen LogP contribution in [0.1, 0.15) is 31.2 Å². The van der Waals surface area contributed by atoms with Crippen LogP contribution in [0.2, 0.25) is 0 Å². The highest BCUT2D eigenvalue weighted by molar-refractivity contribution is 5.45. The minimum absolute atomic E-state index is 0.0455. The van der Waals surface area contributed by atoms with Gasteiger partial charge >= 0.3 is 6.18 Å². The lowest BCUT2D eigenvalue weighted by Gasteiger charge is -2.32. The van der Waals surface area contributed by atoms with E-state index in [-0.39, 0.29) is 11.2 Å². The summed E-state index contributed by atoms with van der Waals surface area (Å²) in [5.41, 5.74) is -0.646. The maximum Gasteiger partial charge on any atom is 0.419 e. The van der Waals surface area contributed by atoms with Crippen LogP contribution < -0.4 is 5.32 Å². The molecule has 6 heteroatoms. The van der Waals surface area contributed by atoms with Crippen molar-refractivity contribution in [3.05, 3.63) is 23.9 Å². The molecule has 1 aliphatic rings. The fraction of sp³-hybridized carbons (Fsp3) is 0.667. The van der Waals surface area contributed by atoms with Gasteiger partial charge in [0.25, 0.3) is 0 Å². The summed E-state index contributed by atoms with van der Waals surface area (Å²) in [6.07, 6.45) is 1.40. The largest absolute Gasteiger partial charge is 0.419 e. The van der Waals surface area contributed by atoms with Crippen LogP contribution in [0.5, 0.6) is 0 Å². The van der Waals surface area contributed by atoms with E-state index in [1.54, 1.807) is 0 Å². The third kappa shape index (κ3) is 4.09. The number of aromatic nitrogens is 1. The van der Waals surface area contributed by atoms with E-state index in [9.17, 15) is 13.2 Å². The average Bonchev–Trinajstić information content (AvgIpc) is 2.84. The summed E-state index contributed by atoms with van der Waals surface area (Å²) in [6.45, 7) is 1.42. The van der Waals surface area contributed by atoms with Gasteiger partial charge in [-0.15, -0.1) is 0 Å². The molecule has 0 bridgehead atoms. The Morgan fingerprint density at radius 1 is 1.29 bits per heavy atom. The molecule has 0 unspecified atom stereocenters. The summed E-state index contributed by atoms with van der Waals surface area (Å²) >= 11 is 0. The topological polar surface area (TPSA) is 28.2 Å². The maximum atomic E-state index is 13.0. The Hall–Kier alpha value is -1.30. The Morgan fingerprint density at radius 2 is 1.95 bits per heavy atom. The van der Waals surface area contributed by atoms with Crippen LogP contribution in [0.4, 0.5) is 19.0 Å². The summed E-state index contributed by atoms with van der Waals surface area (Å²) in [5, 5.41) is 2.95. The molecule has 0 aliphatic heterocycles. The quantitative estimate of drug-likeness (QED) is 0.900. The Balaban J connectivity index is 2.11. The third-order valence-electron chi connectivity index (χ3n) is 4.06. The molecule has 0 saturated heterocycles. The van der Waals surface area contributed by atoms with Gasteiger partial charge in [-0.2, -0.15) is 13.2 Å². The zero-order valence-corrected chi connectivity index (χ0v) is 12.5. The van der Waals surface area contributed by atoms with Gasteiger partial charge in [-0.25, -0.2) is 4.98 Å². The van der Waals surface area contributed by atoms with Gasteiger partial charge in [0.1, 0.15) is 5.82 Å². The molecule has 0 atom stereocenters. The molecule has 0 spiro atoms. The fourth-order valence-corrected chi connectivity index (χ4v) is 3.23. The number of halogens is 3. The third-order valence-corrected chi connectivity index (χ3v) is 4.06. The highest BCUT2D eigenvalue weighted by Gasteiger charge is 2.37. The summed E-state index contributed by atoms with van der Waals surface area (Å²) in [4.78, 5) is 5.98. The normalized spacial score (nSPS) is 18.2. The van der Waals surface area contributed by atoms with Crippen molar-refractivity contribution < 1.29 is 13.2 Å². The second-order valence-electron chi connectivity index (χ2n) is 6.20. The van der Waals surface area contributed by atoms with Crippen LogP contribution in [0.15, 0.2) is 18.3 Å². The van der Waals surface area contributed by atoms with Crippen LogP contribution >= 0.6 is 0 Å². The standard InChI is InChI=1S/C15H22F3N3/c1-21(2)11-14(7-3-4-8-14)10-20-13-12(15(16,17)18)6-5-9-19-13/h5-6,9H,3-4,7-8,10-11H2,1-2H3,(H,19,20). The van der Waals surface area contributed by atoms with Crippen molar-refractivity contribution in [2.45, 2.75) is 31.9 Å². The van der Waals surface area contributed by atoms with Crippen LogP contribution in [0, 0.1) is 5.41 Å². The van der Waals surface area contributed by atoms with E-state index in [0.717, 1.165) is 38.3 Å². The number of hydrogen-bond donors (Lipinski definition) is 1. The first-order valence-electron chi connectivity index (χ1n) is 7.23. The molecule has 118 valence electrons. The molecule has 0 amide bonds. The molecule has 0 aromatic carbocycles. The Morgan fingerprint density at radius 3 is 2.52 bits per heavy atom. The zero-order valence-electron chi connectivity index (χ0n) is 12.5. The monoisotopic (exact) mass is 301 g/mol. The number of anilines is 1. The van der Waals surface area contributed by atoms with E-state index in [1.807, 2.05) is 14.1 Å². The number of alkyl halides is 3. The lowest BCUT2D eigenvalue weighted by molar-refractivity contribution is -0.137. The van der Waals surface area contributed by atoms with Crippen molar-refractivity contribution in [2.24, 2.45) is 5.41 Å². The Kier molecular flexibility index (Phi) is 4.76. The van der Waals surface area contributed by atoms with Crippen LogP contribution in [0.25, 0.3) is 0 Å². The second-order valence-corrected chi connectivity index (χ2v) is 6.20. The number of hydrogen-bond acceptors (Lipinski definition) is 3. The second kappa shape index (κ2) is 6.22. The summed E-state index contributed by atoms with van der Waals surface area (Å²) in [5.74, 6) is -0.0602. The van der Waals surface area contributed by atoms with Gasteiger partial charge in [0, 0.05) is 24.7 Å². The molecule has 1 aliphatic carbocycles. The first kappa shape index (κ1) is 16.1. The molecule has 1 N–H and O–H groups in total. The van der Waals surface area contributed by atoms with E-state index in [0.29, 0.717) is 6.54 Å². The number of pyridine rings is 1. The van der Waals surface area contributed by atoms with Crippen LogP contribution in [-0.4, -0.2) is 37.1 Å². The van der Waals surface area contributed by atoms with Gasteiger partial charge in [-0.1, -0.05) is 12.8 Å². The van der Waals surface area contributed by atoms with Crippen molar-refractivity contribution >= 4 is 5.82 Å². The summed E-state index contributed by atoms with van der Waals surface area (Å²) in [6, 6.07) is 2.39. The molecule has 1 fully saturated rings. The van der Waals surface area contributed by atoms with E-state index in [2.05, 4.69) is 15.2 Å². The van der Waals surface area contributed by atoms with Crippen molar-refractivity contribution in [1.82, 2.24) is 9.88 Å². The van der Waals surface area contributed by atoms with Crippen molar-refractivity contribution in [3.8, 4) is 0 Å². The Bertz CT molecular complexity index is 465. The van der Waals surface area contributed by atoms with Crippen molar-refractivity contribution in [1.29, 1.82) is 0 Å². The molecule has 1 aromatic heterocycles. The van der Waals surface area contributed by atoms with Crippen molar-refractivity contribution in [2.75, 3.05) is 32.5 Å². The van der Waals surface area contributed by atoms with E-state index in [1.165, 1.54) is 12.3 Å². The molecule has 0 radical (unpaired) electrons. The van der Waals surface area contributed by atoms with Crippen LogP contribution in [-0.2, 0) is 6.18 Å². The molecule has 1 heterocycles. The van der Waals surface area contributed by atoms with Gasteiger partial charge in [0.15, 0.2) is 0 Å². The van der Waals surface area contributed by atoms with E-state index in [4.69, 9.17) is 0 Å². The van der Waals surface area contributed by atoms with Crippen molar-refractivity contribution in [3.63, 3.8) is 0 Å². The minimum atomic E-state index is -4.37. The number of rotatable bonds is 5. The molecule has 2 rings (SSSR count). The average molecular weight is 301 g/mol. The first-order chi connectivity index (χ1) is 9.82. The SMILES string of the molecule is CN(C)CC1(CNc2ncccc2C(F)(F)F)CCCC1. The molecule has 3 nitrogen and oxygen atoms in total. The van der Waals surface area contributed by atoms with E-state index < -0.39 is 11.7 Å². The highest BCUT2D eigenvalue weighted by Crippen LogP contribution is 2.39. The lowest BCUT2D eigenvalue weighted by atomic mass is 9.85. The summed E-state index contributed by atoms with van der Waals surface area (Å²) in [7, 11) is 4.00. The molecular formula is C15H22F3N3. The van der Waals surface area contributed by atoms with Crippen LogP contribution in [0.3, 0.4) is 0 Å². The fourth-order valence-electron chi connectivity index (χ4n) is 3.23. The van der Waals surface area contributed by atoms with Gasteiger partial charge < -0.3 is 10.2 Å². The first-order valence-corrected chi connectivity index (χ1v) is 7.23. The predicted octanol–water partition coefficient (Wildman–Crippen LogP) is 3.63. The van der Waals surface area contributed by atoms with E-state index >= 15 is 0 Å². The Labute approximate surface area is 123 Å². The molecule has 21 heavy (non-hydrogen) atoms. The number of nitrogens with one attached hydrogen (secondary N) is 1. The summed E-state index contributed by atoms with van der Waals surface area (Å²) < 4.78 is 38.9. The minimum Gasteiger partial charge on any atom is -0.369 e. The molecule has 1 saturated carbocycles.